The van der Waals surface area contributed by atoms with Gasteiger partial charge in [-0.15, -0.1) is 0 Å². The molecule has 12 atom stereocenters. The highest BCUT2D eigenvalue weighted by Gasteiger charge is 2.73. The summed E-state index contributed by atoms with van der Waals surface area (Å²) in [5, 5.41) is 0. The van der Waals surface area contributed by atoms with Gasteiger partial charge in [0.15, 0.2) is 0 Å². The first kappa shape index (κ1) is 17.5. The maximum atomic E-state index is 6.74. The molecule has 6 aliphatic carbocycles. The van der Waals surface area contributed by atoms with E-state index in [9.17, 15) is 0 Å². The van der Waals surface area contributed by atoms with Gasteiger partial charge < -0.3 is 9.47 Å². The number of rotatable bonds is 2. The lowest BCUT2D eigenvalue weighted by molar-refractivity contribution is -0.202. The predicted octanol–water partition coefficient (Wildman–Crippen LogP) is 5.32. The van der Waals surface area contributed by atoms with Crippen LogP contribution in [-0.2, 0) is 9.47 Å². The molecule has 5 fully saturated rings. The number of hydrogen-bond donors (Lipinski definition) is 0. The number of hydrogen-bond acceptors (Lipinski definition) is 2. The van der Waals surface area contributed by atoms with Crippen molar-refractivity contribution in [1.82, 2.24) is 0 Å². The van der Waals surface area contributed by atoms with Crippen molar-refractivity contribution in [3.63, 3.8) is 0 Å². The molecule has 0 saturated heterocycles. The monoisotopic (exact) mass is 370 g/mol. The molecule has 6 aliphatic rings. The quantitative estimate of drug-likeness (QED) is 0.483. The standard InChI is InChI=1S/C25H38O2/c1-24(2,3)26-22-16-11-17(23(22)27-25(4,5)6)21-15-10-14(20(16)21)18-12-7-8-13(9-12)19(15)18/h7-8,12-23H,9-11H2,1-6H3. The molecular formula is C25H38O2. The van der Waals surface area contributed by atoms with Crippen LogP contribution in [0.1, 0.15) is 60.8 Å². The molecule has 2 nitrogen and oxygen atoms in total. The summed E-state index contributed by atoms with van der Waals surface area (Å²) in [6.07, 6.45) is 10.2. The average Bonchev–Trinajstić information content (AvgIpc) is 3.32. The highest BCUT2D eigenvalue weighted by Crippen LogP contribution is 2.76. The minimum Gasteiger partial charge on any atom is -0.370 e. The van der Waals surface area contributed by atoms with Crippen molar-refractivity contribution >= 4 is 0 Å². The zero-order valence-corrected chi connectivity index (χ0v) is 18.0. The van der Waals surface area contributed by atoms with Gasteiger partial charge in [0.1, 0.15) is 0 Å². The Morgan fingerprint density at radius 3 is 1.37 bits per heavy atom. The van der Waals surface area contributed by atoms with Gasteiger partial charge in [0.25, 0.3) is 0 Å². The van der Waals surface area contributed by atoms with E-state index in [1.165, 1.54) is 19.3 Å². The Morgan fingerprint density at radius 1 is 0.556 bits per heavy atom. The van der Waals surface area contributed by atoms with Gasteiger partial charge >= 0.3 is 0 Å². The van der Waals surface area contributed by atoms with E-state index in [0.717, 1.165) is 59.2 Å². The van der Waals surface area contributed by atoms with E-state index in [0.29, 0.717) is 12.2 Å². The molecule has 0 aliphatic heterocycles. The Balaban J connectivity index is 1.34. The largest absolute Gasteiger partial charge is 0.370 e. The van der Waals surface area contributed by atoms with Gasteiger partial charge in [0.05, 0.1) is 23.4 Å². The molecule has 27 heavy (non-hydrogen) atoms. The second-order valence-electron chi connectivity index (χ2n) is 12.8. The molecule has 0 amide bonds. The van der Waals surface area contributed by atoms with Crippen LogP contribution in [-0.4, -0.2) is 23.4 Å². The van der Waals surface area contributed by atoms with Crippen molar-refractivity contribution in [2.75, 3.05) is 0 Å². The van der Waals surface area contributed by atoms with Crippen LogP contribution in [0.2, 0.25) is 0 Å². The van der Waals surface area contributed by atoms with E-state index in [-0.39, 0.29) is 11.2 Å². The molecule has 0 aromatic rings. The lowest BCUT2D eigenvalue weighted by atomic mass is 9.60. The minimum absolute atomic E-state index is 0.0839. The summed E-state index contributed by atoms with van der Waals surface area (Å²) in [7, 11) is 0. The minimum atomic E-state index is -0.0839. The van der Waals surface area contributed by atoms with Crippen LogP contribution in [0.25, 0.3) is 0 Å². The highest BCUT2D eigenvalue weighted by molar-refractivity contribution is 5.26. The van der Waals surface area contributed by atoms with E-state index in [1.807, 2.05) is 0 Å². The van der Waals surface area contributed by atoms with Gasteiger partial charge in [-0.25, -0.2) is 0 Å². The molecule has 6 rings (SSSR count). The average molecular weight is 371 g/mol. The zero-order chi connectivity index (χ0) is 18.9. The van der Waals surface area contributed by atoms with E-state index in [2.05, 4.69) is 53.7 Å². The number of allylic oxidation sites excluding steroid dienone is 2. The highest BCUT2D eigenvalue weighted by atomic mass is 16.6. The fraction of sp³-hybridized carbons (Fsp3) is 0.920. The molecule has 0 spiro atoms. The van der Waals surface area contributed by atoms with Gasteiger partial charge in [0.2, 0.25) is 0 Å². The van der Waals surface area contributed by atoms with Crippen LogP contribution in [0.4, 0.5) is 0 Å². The second-order valence-corrected chi connectivity index (χ2v) is 12.8. The van der Waals surface area contributed by atoms with Gasteiger partial charge in [-0.2, -0.15) is 0 Å². The first-order valence-corrected chi connectivity index (χ1v) is 11.7. The second kappa shape index (κ2) is 5.22. The summed E-state index contributed by atoms with van der Waals surface area (Å²) < 4.78 is 13.5. The van der Waals surface area contributed by atoms with Crippen LogP contribution in [0.3, 0.4) is 0 Å². The zero-order valence-electron chi connectivity index (χ0n) is 18.0. The molecule has 6 bridgehead atoms. The first-order chi connectivity index (χ1) is 12.6. The van der Waals surface area contributed by atoms with Crippen LogP contribution in [0.5, 0.6) is 0 Å². The summed E-state index contributed by atoms with van der Waals surface area (Å²) in [6.45, 7) is 13.3. The van der Waals surface area contributed by atoms with Gasteiger partial charge in [0, 0.05) is 0 Å². The summed E-state index contributed by atoms with van der Waals surface area (Å²) in [6, 6.07) is 0. The lowest BCUT2D eigenvalue weighted by Crippen LogP contribution is -2.53. The Kier molecular flexibility index (Phi) is 3.39. The fourth-order valence-corrected chi connectivity index (χ4v) is 9.28. The third-order valence-electron chi connectivity index (χ3n) is 9.23. The van der Waals surface area contributed by atoms with Gasteiger partial charge in [-0.05, 0) is 120 Å². The molecule has 2 heteroatoms. The molecule has 12 unspecified atom stereocenters. The third kappa shape index (κ3) is 2.32. The van der Waals surface area contributed by atoms with E-state index in [4.69, 9.17) is 9.47 Å². The molecule has 0 heterocycles. The Morgan fingerprint density at radius 2 is 0.963 bits per heavy atom. The molecule has 0 aromatic heterocycles. The molecule has 150 valence electrons. The fourth-order valence-electron chi connectivity index (χ4n) is 9.28. The number of fused-ring (bicyclic) bond motifs is 16. The maximum Gasteiger partial charge on any atom is 0.0877 e. The topological polar surface area (TPSA) is 18.5 Å². The van der Waals surface area contributed by atoms with Gasteiger partial charge in [-0.3, -0.25) is 0 Å². The van der Waals surface area contributed by atoms with Crippen molar-refractivity contribution < 1.29 is 9.47 Å². The molecule has 0 aromatic carbocycles. The van der Waals surface area contributed by atoms with Crippen molar-refractivity contribution in [3.05, 3.63) is 12.2 Å². The Hall–Kier alpha value is -0.340. The van der Waals surface area contributed by atoms with Crippen molar-refractivity contribution in [1.29, 1.82) is 0 Å². The van der Waals surface area contributed by atoms with Gasteiger partial charge in [-0.1, -0.05) is 12.2 Å². The summed E-state index contributed by atoms with van der Waals surface area (Å²) in [5.41, 5.74) is -0.168. The van der Waals surface area contributed by atoms with E-state index in [1.54, 1.807) is 0 Å². The normalized spacial score (nSPS) is 57.0. The molecular weight excluding hydrogens is 332 g/mol. The van der Waals surface area contributed by atoms with E-state index >= 15 is 0 Å². The number of ether oxygens (including phenoxy) is 2. The molecule has 0 N–H and O–H groups in total. The van der Waals surface area contributed by atoms with Crippen LogP contribution in [0, 0.1) is 59.2 Å². The van der Waals surface area contributed by atoms with Crippen LogP contribution < -0.4 is 0 Å². The summed E-state index contributed by atoms with van der Waals surface area (Å²) in [4.78, 5) is 0. The smallest absolute Gasteiger partial charge is 0.0877 e. The summed E-state index contributed by atoms with van der Waals surface area (Å²) >= 11 is 0. The molecule has 5 saturated carbocycles. The van der Waals surface area contributed by atoms with Crippen LogP contribution in [0.15, 0.2) is 12.2 Å². The maximum absolute atomic E-state index is 6.74. The first-order valence-electron chi connectivity index (χ1n) is 11.7. The van der Waals surface area contributed by atoms with E-state index < -0.39 is 0 Å². The lowest BCUT2D eigenvalue weighted by Gasteiger charge is -2.50. The van der Waals surface area contributed by atoms with Crippen molar-refractivity contribution in [2.24, 2.45) is 59.2 Å². The van der Waals surface area contributed by atoms with Crippen LogP contribution >= 0.6 is 0 Å². The Labute approximate surface area is 165 Å². The van der Waals surface area contributed by atoms with Crippen molar-refractivity contribution in [2.45, 2.75) is 84.2 Å². The predicted molar refractivity (Wildman–Crippen MR) is 107 cm³/mol. The summed E-state index contributed by atoms with van der Waals surface area (Å²) in [5.74, 6) is 9.19. The Bertz CT molecular complexity index is 613. The molecule has 0 radical (unpaired) electrons. The third-order valence-corrected chi connectivity index (χ3v) is 9.23. The van der Waals surface area contributed by atoms with Crippen molar-refractivity contribution in [3.8, 4) is 0 Å². The SMILES string of the molecule is CC(C)(C)OC1C2CC(C1OC(C)(C)C)C1C3CC(C4C5C=CC(C5)C34)C21.